The number of hydrogen-bond acceptors (Lipinski definition) is 4. The molecule has 3 atom stereocenters. The first-order valence-electron chi connectivity index (χ1n) is 7.13. The number of urea groups is 1. The van der Waals surface area contributed by atoms with Gasteiger partial charge in [-0.25, -0.2) is 4.79 Å². The molecule has 3 N–H and O–H groups in total. The van der Waals surface area contributed by atoms with Crippen LogP contribution in [0.15, 0.2) is 0 Å². The summed E-state index contributed by atoms with van der Waals surface area (Å²) in [7, 11) is 0. The lowest BCUT2D eigenvalue weighted by molar-refractivity contribution is -0.142. The van der Waals surface area contributed by atoms with E-state index in [9.17, 15) is 19.5 Å². The summed E-state index contributed by atoms with van der Waals surface area (Å²) in [5, 5.41) is 20.9. The number of nitrogens with zero attached hydrogens (tertiary/aromatic N) is 2. The van der Waals surface area contributed by atoms with Gasteiger partial charge in [0.1, 0.15) is 6.04 Å². The van der Waals surface area contributed by atoms with Crippen LogP contribution in [0.3, 0.4) is 0 Å². The molecule has 2 fully saturated rings. The van der Waals surface area contributed by atoms with Gasteiger partial charge in [0.05, 0.1) is 19.1 Å². The van der Waals surface area contributed by atoms with Crippen LogP contribution >= 0.6 is 0 Å². The number of aliphatic hydroxyl groups is 1. The van der Waals surface area contributed by atoms with Crippen molar-refractivity contribution in [3.63, 3.8) is 0 Å². The Bertz CT molecular complexity index is 442. The Labute approximate surface area is 122 Å². The molecule has 3 unspecified atom stereocenters. The lowest BCUT2D eigenvalue weighted by atomic mass is 10.0. The SMILES string of the molecule is CC1CCN(C(=O)N2CCNC(=O)C2CC(=O)O)C1CO. The molecule has 0 aromatic heterocycles. The number of carboxylic acids is 1. The van der Waals surface area contributed by atoms with Gasteiger partial charge in [-0.1, -0.05) is 6.92 Å². The molecule has 2 rings (SSSR count). The summed E-state index contributed by atoms with van der Waals surface area (Å²) in [5.41, 5.74) is 0. The Morgan fingerprint density at radius 2 is 2.05 bits per heavy atom. The molecule has 0 bridgehead atoms. The van der Waals surface area contributed by atoms with E-state index in [-0.39, 0.29) is 31.1 Å². The number of carbonyl (C=O) groups excluding carboxylic acids is 2. The Kier molecular flexibility index (Phi) is 4.66. The minimum absolute atomic E-state index is 0.128. The van der Waals surface area contributed by atoms with E-state index in [1.54, 1.807) is 4.90 Å². The summed E-state index contributed by atoms with van der Waals surface area (Å²) in [4.78, 5) is 38.2. The second-order valence-electron chi connectivity index (χ2n) is 5.59. The van der Waals surface area contributed by atoms with Gasteiger partial charge in [-0.15, -0.1) is 0 Å². The average molecular weight is 299 g/mol. The van der Waals surface area contributed by atoms with E-state index in [0.717, 1.165) is 6.42 Å². The van der Waals surface area contributed by atoms with Crippen LogP contribution in [0, 0.1) is 5.92 Å². The molecular formula is C13H21N3O5. The Morgan fingerprint density at radius 1 is 1.33 bits per heavy atom. The van der Waals surface area contributed by atoms with Crippen molar-refractivity contribution in [1.82, 2.24) is 15.1 Å². The number of hydrogen-bond donors (Lipinski definition) is 3. The highest BCUT2D eigenvalue weighted by molar-refractivity contribution is 5.91. The first kappa shape index (κ1) is 15.6. The number of aliphatic carboxylic acids is 1. The average Bonchev–Trinajstić information content (AvgIpc) is 2.80. The molecule has 8 heteroatoms. The van der Waals surface area contributed by atoms with Crippen molar-refractivity contribution >= 4 is 17.9 Å². The molecule has 2 aliphatic heterocycles. The predicted octanol–water partition coefficient (Wildman–Crippen LogP) is -0.916. The summed E-state index contributed by atoms with van der Waals surface area (Å²) in [6, 6.07) is -1.62. The molecule has 21 heavy (non-hydrogen) atoms. The van der Waals surface area contributed by atoms with Gasteiger partial charge < -0.3 is 25.3 Å². The molecule has 0 aromatic carbocycles. The highest BCUT2D eigenvalue weighted by atomic mass is 16.4. The van der Waals surface area contributed by atoms with E-state index in [1.165, 1.54) is 4.90 Å². The fraction of sp³-hybridized carbons (Fsp3) is 0.769. The van der Waals surface area contributed by atoms with Gasteiger partial charge in [0, 0.05) is 19.6 Å². The summed E-state index contributed by atoms with van der Waals surface area (Å²) in [6.45, 7) is 2.95. The van der Waals surface area contributed by atoms with Crippen LogP contribution in [0.2, 0.25) is 0 Å². The summed E-state index contributed by atoms with van der Waals surface area (Å²) < 4.78 is 0. The minimum Gasteiger partial charge on any atom is -0.481 e. The van der Waals surface area contributed by atoms with Crippen molar-refractivity contribution in [2.45, 2.75) is 31.8 Å². The third kappa shape index (κ3) is 3.10. The van der Waals surface area contributed by atoms with Gasteiger partial charge in [0.25, 0.3) is 0 Å². The quantitative estimate of drug-likeness (QED) is 0.624. The van der Waals surface area contributed by atoms with Crippen LogP contribution in [0.25, 0.3) is 0 Å². The standard InChI is InChI=1S/C13H21N3O5/c1-8-2-4-15(10(8)7-17)13(21)16-5-3-14-12(20)9(16)6-11(18)19/h8-10,17H,2-7H2,1H3,(H,14,20)(H,18,19). The van der Waals surface area contributed by atoms with E-state index in [1.807, 2.05) is 6.92 Å². The zero-order chi connectivity index (χ0) is 15.6. The van der Waals surface area contributed by atoms with Crippen molar-refractivity contribution in [1.29, 1.82) is 0 Å². The van der Waals surface area contributed by atoms with Crippen LogP contribution in [0.1, 0.15) is 19.8 Å². The number of carbonyl (C=O) groups is 3. The Balaban J connectivity index is 2.15. The van der Waals surface area contributed by atoms with Crippen LogP contribution in [0.4, 0.5) is 4.79 Å². The van der Waals surface area contributed by atoms with Gasteiger partial charge in [0.2, 0.25) is 5.91 Å². The fourth-order valence-corrected chi connectivity index (χ4v) is 3.00. The Morgan fingerprint density at radius 3 is 2.67 bits per heavy atom. The first-order chi connectivity index (χ1) is 9.95. The molecule has 0 aromatic rings. The third-order valence-corrected chi connectivity index (χ3v) is 4.26. The Hall–Kier alpha value is -1.83. The van der Waals surface area contributed by atoms with Gasteiger partial charge in [-0.3, -0.25) is 9.59 Å². The number of aliphatic hydroxyl groups excluding tert-OH is 1. The molecule has 0 aliphatic carbocycles. The topological polar surface area (TPSA) is 110 Å². The van der Waals surface area contributed by atoms with Crippen molar-refractivity contribution < 1.29 is 24.6 Å². The predicted molar refractivity (Wildman–Crippen MR) is 72.5 cm³/mol. The van der Waals surface area contributed by atoms with Crippen molar-refractivity contribution in [2.75, 3.05) is 26.2 Å². The van der Waals surface area contributed by atoms with E-state index in [2.05, 4.69) is 5.32 Å². The van der Waals surface area contributed by atoms with Crippen LogP contribution in [0.5, 0.6) is 0 Å². The maximum atomic E-state index is 12.6. The number of rotatable bonds is 3. The zero-order valence-electron chi connectivity index (χ0n) is 12.0. The summed E-state index contributed by atoms with van der Waals surface area (Å²) in [6.07, 6.45) is 0.380. The molecule has 118 valence electrons. The molecule has 2 aliphatic rings. The molecule has 2 heterocycles. The fourth-order valence-electron chi connectivity index (χ4n) is 3.00. The maximum Gasteiger partial charge on any atom is 0.321 e. The lowest BCUT2D eigenvalue weighted by Gasteiger charge is -2.38. The summed E-state index contributed by atoms with van der Waals surface area (Å²) in [5.74, 6) is -1.37. The molecule has 0 radical (unpaired) electrons. The van der Waals surface area contributed by atoms with Crippen LogP contribution in [-0.4, -0.2) is 76.2 Å². The van der Waals surface area contributed by atoms with Gasteiger partial charge in [-0.2, -0.15) is 0 Å². The maximum absolute atomic E-state index is 12.6. The van der Waals surface area contributed by atoms with E-state index >= 15 is 0 Å². The van der Waals surface area contributed by atoms with Crippen molar-refractivity contribution in [3.05, 3.63) is 0 Å². The monoisotopic (exact) mass is 299 g/mol. The zero-order valence-corrected chi connectivity index (χ0v) is 12.0. The van der Waals surface area contributed by atoms with Crippen LogP contribution in [-0.2, 0) is 9.59 Å². The largest absolute Gasteiger partial charge is 0.481 e. The lowest BCUT2D eigenvalue weighted by Crippen LogP contribution is -2.61. The van der Waals surface area contributed by atoms with Gasteiger partial charge in [0.15, 0.2) is 0 Å². The number of carboxylic acid groups (broad SMARTS) is 1. The van der Waals surface area contributed by atoms with Crippen molar-refractivity contribution in [2.24, 2.45) is 5.92 Å². The molecule has 2 saturated heterocycles. The van der Waals surface area contributed by atoms with E-state index < -0.39 is 24.3 Å². The highest BCUT2D eigenvalue weighted by Gasteiger charge is 2.41. The van der Waals surface area contributed by atoms with Gasteiger partial charge in [-0.05, 0) is 12.3 Å². The number of piperazine rings is 1. The van der Waals surface area contributed by atoms with E-state index in [4.69, 9.17) is 5.11 Å². The van der Waals surface area contributed by atoms with Crippen LogP contribution < -0.4 is 5.32 Å². The number of likely N-dealkylation sites (tertiary alicyclic amines) is 1. The first-order valence-corrected chi connectivity index (χ1v) is 7.13. The second kappa shape index (κ2) is 6.30. The van der Waals surface area contributed by atoms with Gasteiger partial charge >= 0.3 is 12.0 Å². The molecular weight excluding hydrogens is 278 g/mol. The highest BCUT2D eigenvalue weighted by Crippen LogP contribution is 2.26. The minimum atomic E-state index is -1.12. The number of nitrogens with one attached hydrogen (secondary N) is 1. The third-order valence-electron chi connectivity index (χ3n) is 4.26. The molecule has 8 nitrogen and oxygen atoms in total. The van der Waals surface area contributed by atoms with Crippen molar-refractivity contribution in [3.8, 4) is 0 Å². The second-order valence-corrected chi connectivity index (χ2v) is 5.59. The molecule has 3 amide bonds. The normalized spacial score (nSPS) is 29.4. The van der Waals surface area contributed by atoms with E-state index in [0.29, 0.717) is 13.1 Å². The smallest absolute Gasteiger partial charge is 0.321 e. The molecule has 0 saturated carbocycles. The number of amides is 3. The summed E-state index contributed by atoms with van der Waals surface area (Å²) >= 11 is 0. The molecule has 0 spiro atoms.